The third-order valence-electron chi connectivity index (χ3n) is 3.30. The summed E-state index contributed by atoms with van der Waals surface area (Å²) >= 11 is 6.01. The maximum absolute atomic E-state index is 6.01. The number of nitrogens with one attached hydrogen (secondary N) is 1. The minimum absolute atomic E-state index is 0.388. The molecular formula is C18H22ClNO. The molecule has 0 radical (unpaired) electrons. The van der Waals surface area contributed by atoms with Crippen LogP contribution in [0.2, 0.25) is 5.02 Å². The highest BCUT2D eigenvalue weighted by Gasteiger charge is 2.04. The summed E-state index contributed by atoms with van der Waals surface area (Å²) < 4.78 is 5.52. The lowest BCUT2D eigenvalue weighted by Gasteiger charge is -2.14. The van der Waals surface area contributed by atoms with E-state index in [0.29, 0.717) is 12.6 Å². The van der Waals surface area contributed by atoms with Crippen molar-refractivity contribution in [3.63, 3.8) is 0 Å². The summed E-state index contributed by atoms with van der Waals surface area (Å²) in [6, 6.07) is 16.6. The lowest BCUT2D eigenvalue weighted by molar-refractivity contribution is 0.339. The van der Waals surface area contributed by atoms with E-state index in [1.54, 1.807) is 0 Å². The van der Waals surface area contributed by atoms with E-state index in [1.165, 1.54) is 11.1 Å². The third kappa shape index (κ3) is 5.41. The zero-order valence-electron chi connectivity index (χ0n) is 12.6. The van der Waals surface area contributed by atoms with Crippen LogP contribution in [0, 0.1) is 0 Å². The maximum Gasteiger partial charge on any atom is 0.119 e. The Balaban J connectivity index is 1.86. The quantitative estimate of drug-likeness (QED) is 0.815. The minimum atomic E-state index is 0.388. The van der Waals surface area contributed by atoms with Crippen LogP contribution in [0.5, 0.6) is 5.75 Å². The number of hydrogen-bond acceptors (Lipinski definition) is 2. The molecule has 0 heterocycles. The highest BCUT2D eigenvalue weighted by Crippen LogP contribution is 2.14. The van der Waals surface area contributed by atoms with E-state index in [2.05, 4.69) is 30.4 Å². The number of ether oxygens (including phenoxy) is 1. The van der Waals surface area contributed by atoms with Crippen molar-refractivity contribution in [2.75, 3.05) is 6.61 Å². The van der Waals surface area contributed by atoms with Crippen LogP contribution in [0.15, 0.2) is 48.5 Å². The third-order valence-corrected chi connectivity index (χ3v) is 3.53. The Labute approximate surface area is 132 Å². The molecule has 0 saturated carbocycles. The number of hydrogen-bond donors (Lipinski definition) is 1. The molecule has 2 aromatic rings. The van der Waals surface area contributed by atoms with Crippen LogP contribution in [-0.4, -0.2) is 12.6 Å². The smallest absolute Gasteiger partial charge is 0.119 e. The van der Waals surface area contributed by atoms with Crippen LogP contribution in [-0.2, 0) is 13.0 Å². The van der Waals surface area contributed by atoms with Gasteiger partial charge in [-0.15, -0.1) is 0 Å². The Hall–Kier alpha value is -1.51. The van der Waals surface area contributed by atoms with Gasteiger partial charge in [0.2, 0.25) is 0 Å². The summed E-state index contributed by atoms with van der Waals surface area (Å²) in [5.41, 5.74) is 2.49. The predicted molar refractivity (Wildman–Crippen MR) is 89.1 cm³/mol. The van der Waals surface area contributed by atoms with Crippen molar-refractivity contribution in [2.24, 2.45) is 0 Å². The first-order valence-electron chi connectivity index (χ1n) is 7.37. The van der Waals surface area contributed by atoms with E-state index < -0.39 is 0 Å². The van der Waals surface area contributed by atoms with Gasteiger partial charge in [0.25, 0.3) is 0 Å². The Kier molecular flexibility index (Phi) is 6.09. The fraction of sp³-hybridized carbons (Fsp3) is 0.333. The molecule has 2 aromatic carbocycles. The molecule has 1 atom stereocenters. The molecule has 0 saturated heterocycles. The second-order valence-corrected chi connectivity index (χ2v) is 5.63. The van der Waals surface area contributed by atoms with Crippen molar-refractivity contribution in [3.05, 3.63) is 64.7 Å². The summed E-state index contributed by atoms with van der Waals surface area (Å²) in [5.74, 6) is 0.930. The Bertz CT molecular complexity index is 571. The molecular weight excluding hydrogens is 282 g/mol. The first-order chi connectivity index (χ1) is 10.2. The lowest BCUT2D eigenvalue weighted by atomic mass is 10.1. The average Bonchev–Trinajstić information content (AvgIpc) is 2.46. The molecule has 1 unspecified atom stereocenters. The van der Waals surface area contributed by atoms with Gasteiger partial charge in [-0.1, -0.05) is 35.9 Å². The zero-order chi connectivity index (χ0) is 15.1. The maximum atomic E-state index is 6.01. The number of benzene rings is 2. The van der Waals surface area contributed by atoms with Crippen LogP contribution in [0.25, 0.3) is 0 Å². The highest BCUT2D eigenvalue weighted by atomic mass is 35.5. The molecule has 2 nitrogen and oxygen atoms in total. The number of rotatable bonds is 7. The van der Waals surface area contributed by atoms with Gasteiger partial charge in [-0.25, -0.2) is 0 Å². The second kappa shape index (κ2) is 8.06. The largest absolute Gasteiger partial charge is 0.494 e. The molecule has 1 N–H and O–H groups in total. The van der Waals surface area contributed by atoms with Gasteiger partial charge in [-0.3, -0.25) is 0 Å². The van der Waals surface area contributed by atoms with Crippen LogP contribution in [0.4, 0.5) is 0 Å². The van der Waals surface area contributed by atoms with Gasteiger partial charge in [0.1, 0.15) is 5.75 Å². The fourth-order valence-corrected chi connectivity index (χ4v) is 2.51. The Morgan fingerprint density at radius 2 is 1.86 bits per heavy atom. The van der Waals surface area contributed by atoms with Crippen molar-refractivity contribution in [1.82, 2.24) is 5.32 Å². The van der Waals surface area contributed by atoms with E-state index in [4.69, 9.17) is 16.3 Å². The summed E-state index contributed by atoms with van der Waals surface area (Å²) in [6.07, 6.45) is 0.964. The Morgan fingerprint density at radius 3 is 2.62 bits per heavy atom. The molecule has 0 aliphatic rings. The standard InChI is InChI=1S/C18H22ClNO/c1-3-21-18-9-5-7-16(12-18)13-20-14(2)10-15-6-4-8-17(19)11-15/h4-9,11-12,14,20H,3,10,13H2,1-2H3. The highest BCUT2D eigenvalue weighted by molar-refractivity contribution is 6.30. The topological polar surface area (TPSA) is 21.3 Å². The summed E-state index contributed by atoms with van der Waals surface area (Å²) in [5, 5.41) is 4.33. The second-order valence-electron chi connectivity index (χ2n) is 5.20. The van der Waals surface area contributed by atoms with Crippen molar-refractivity contribution < 1.29 is 4.74 Å². The normalized spacial score (nSPS) is 12.1. The van der Waals surface area contributed by atoms with E-state index >= 15 is 0 Å². The van der Waals surface area contributed by atoms with Crippen LogP contribution in [0.3, 0.4) is 0 Å². The molecule has 0 aliphatic carbocycles. The van der Waals surface area contributed by atoms with Gasteiger partial charge in [0.15, 0.2) is 0 Å². The first kappa shape index (κ1) is 15.9. The molecule has 0 aliphatic heterocycles. The molecule has 0 aromatic heterocycles. The van der Waals surface area contributed by atoms with Crippen LogP contribution >= 0.6 is 11.6 Å². The molecule has 112 valence electrons. The van der Waals surface area contributed by atoms with E-state index in [-0.39, 0.29) is 0 Å². The molecule has 3 heteroatoms. The zero-order valence-corrected chi connectivity index (χ0v) is 13.4. The molecule has 0 fully saturated rings. The van der Waals surface area contributed by atoms with E-state index in [9.17, 15) is 0 Å². The molecule has 2 rings (SSSR count). The van der Waals surface area contributed by atoms with Crippen molar-refractivity contribution in [3.8, 4) is 5.75 Å². The number of halogens is 1. The van der Waals surface area contributed by atoms with Crippen molar-refractivity contribution in [1.29, 1.82) is 0 Å². The first-order valence-corrected chi connectivity index (χ1v) is 7.74. The minimum Gasteiger partial charge on any atom is -0.494 e. The van der Waals surface area contributed by atoms with Gasteiger partial charge >= 0.3 is 0 Å². The van der Waals surface area contributed by atoms with E-state index in [1.807, 2.05) is 37.3 Å². The monoisotopic (exact) mass is 303 g/mol. The summed E-state index contributed by atoms with van der Waals surface area (Å²) in [6.45, 7) is 5.72. The summed E-state index contributed by atoms with van der Waals surface area (Å²) in [7, 11) is 0. The molecule has 0 spiro atoms. The van der Waals surface area contributed by atoms with Gasteiger partial charge < -0.3 is 10.1 Å². The molecule has 21 heavy (non-hydrogen) atoms. The van der Waals surface area contributed by atoms with Crippen LogP contribution in [0.1, 0.15) is 25.0 Å². The Morgan fingerprint density at radius 1 is 1.10 bits per heavy atom. The molecule has 0 amide bonds. The van der Waals surface area contributed by atoms with Gasteiger partial charge in [-0.05, 0) is 55.7 Å². The van der Waals surface area contributed by atoms with Crippen molar-refractivity contribution in [2.45, 2.75) is 32.9 Å². The van der Waals surface area contributed by atoms with Gasteiger partial charge in [0, 0.05) is 17.6 Å². The molecule has 0 bridgehead atoms. The van der Waals surface area contributed by atoms with Crippen molar-refractivity contribution >= 4 is 11.6 Å². The SMILES string of the molecule is CCOc1cccc(CNC(C)Cc2cccc(Cl)c2)c1. The van der Waals surface area contributed by atoms with Gasteiger partial charge in [0.05, 0.1) is 6.61 Å². The van der Waals surface area contributed by atoms with Crippen LogP contribution < -0.4 is 10.1 Å². The predicted octanol–water partition coefficient (Wildman–Crippen LogP) is 4.46. The fourth-order valence-electron chi connectivity index (χ4n) is 2.29. The summed E-state index contributed by atoms with van der Waals surface area (Å²) in [4.78, 5) is 0. The van der Waals surface area contributed by atoms with E-state index in [0.717, 1.165) is 23.7 Å². The lowest BCUT2D eigenvalue weighted by Crippen LogP contribution is -2.27. The van der Waals surface area contributed by atoms with Gasteiger partial charge in [-0.2, -0.15) is 0 Å². The average molecular weight is 304 g/mol.